The van der Waals surface area contributed by atoms with Gasteiger partial charge in [-0.3, -0.25) is 9.59 Å². The normalized spacial score (nSPS) is 14.4. The molecule has 0 saturated carbocycles. The molecule has 0 spiro atoms. The summed E-state index contributed by atoms with van der Waals surface area (Å²) in [5, 5.41) is 6.13. The number of rotatable bonds is 8. The van der Waals surface area contributed by atoms with Gasteiger partial charge >= 0.3 is 5.97 Å². The smallest absolute Gasteiger partial charge is 0.341 e. The Bertz CT molecular complexity index is 696. The first-order valence-corrected chi connectivity index (χ1v) is 10.5. The molecule has 0 aliphatic heterocycles. The van der Waals surface area contributed by atoms with E-state index in [9.17, 15) is 14.4 Å². The van der Waals surface area contributed by atoms with Crippen LogP contribution in [0.3, 0.4) is 0 Å². The van der Waals surface area contributed by atoms with Crippen molar-refractivity contribution in [3.63, 3.8) is 0 Å². The van der Waals surface area contributed by atoms with Crippen molar-refractivity contribution in [2.24, 2.45) is 5.92 Å². The van der Waals surface area contributed by atoms with Crippen molar-refractivity contribution in [3.8, 4) is 0 Å². The molecule has 1 heterocycles. The largest absolute Gasteiger partial charge is 0.452 e. The van der Waals surface area contributed by atoms with Crippen LogP contribution < -0.4 is 10.6 Å². The number of hydrogen-bond acceptors (Lipinski definition) is 5. The Balaban J connectivity index is 1.98. The third-order valence-electron chi connectivity index (χ3n) is 4.58. The number of amides is 2. The zero-order chi connectivity index (χ0) is 20.0. The lowest BCUT2D eigenvalue weighted by atomic mass is 9.95. The van der Waals surface area contributed by atoms with Gasteiger partial charge in [-0.15, -0.1) is 11.3 Å². The number of thiophene rings is 1. The fourth-order valence-corrected chi connectivity index (χ4v) is 4.53. The van der Waals surface area contributed by atoms with Gasteiger partial charge in [0.25, 0.3) is 5.91 Å². The number of carbonyl (C=O) groups excluding carboxylic acids is 3. The summed E-state index contributed by atoms with van der Waals surface area (Å²) in [5.74, 6) is -0.480. The first kappa shape index (κ1) is 21.4. The molecule has 27 heavy (non-hydrogen) atoms. The molecule has 0 radical (unpaired) electrons. The molecule has 0 aromatic carbocycles. The van der Waals surface area contributed by atoms with Gasteiger partial charge in [-0.1, -0.05) is 13.8 Å². The summed E-state index contributed by atoms with van der Waals surface area (Å²) < 4.78 is 5.27. The summed E-state index contributed by atoms with van der Waals surface area (Å²) >= 11 is 1.44. The highest BCUT2D eigenvalue weighted by Crippen LogP contribution is 2.38. The van der Waals surface area contributed by atoms with E-state index in [0.717, 1.165) is 49.0 Å². The fourth-order valence-electron chi connectivity index (χ4n) is 3.21. The zero-order valence-corrected chi connectivity index (χ0v) is 17.5. The second-order valence-electron chi connectivity index (χ2n) is 7.61. The minimum absolute atomic E-state index is 0.0439. The van der Waals surface area contributed by atoms with Crippen LogP contribution in [-0.2, 0) is 27.2 Å². The maximum absolute atomic E-state index is 12.6. The molecule has 0 bridgehead atoms. The third kappa shape index (κ3) is 6.34. The minimum atomic E-state index is -0.539. The van der Waals surface area contributed by atoms with Crippen molar-refractivity contribution >= 4 is 34.1 Å². The number of ether oxygens (including phenoxy) is 1. The lowest BCUT2D eigenvalue weighted by Crippen LogP contribution is -2.36. The van der Waals surface area contributed by atoms with E-state index >= 15 is 0 Å². The first-order chi connectivity index (χ1) is 12.8. The molecule has 0 unspecified atom stereocenters. The van der Waals surface area contributed by atoms with E-state index < -0.39 is 5.97 Å². The zero-order valence-electron chi connectivity index (χ0n) is 16.6. The standard InChI is InChI=1S/C20H30N2O4S/c1-12(2)9-10-13(3)21-17(24)11-26-20(25)18-15-7-5-6-8-16(15)27-19(18)22-14(4)23/h12-13H,5-11H2,1-4H3,(H,21,24)(H,22,23)/t13-/m1/s1. The number of fused-ring (bicyclic) bond motifs is 1. The molecule has 7 heteroatoms. The lowest BCUT2D eigenvalue weighted by molar-refractivity contribution is -0.124. The van der Waals surface area contributed by atoms with E-state index in [2.05, 4.69) is 24.5 Å². The Labute approximate surface area is 165 Å². The molecule has 1 aromatic heterocycles. The Morgan fingerprint density at radius 1 is 1.11 bits per heavy atom. The van der Waals surface area contributed by atoms with Gasteiger partial charge < -0.3 is 15.4 Å². The van der Waals surface area contributed by atoms with Crippen molar-refractivity contribution in [1.29, 1.82) is 0 Å². The Kier molecular flexibility index (Phi) is 7.83. The average molecular weight is 395 g/mol. The molecule has 1 atom stereocenters. The van der Waals surface area contributed by atoms with Gasteiger partial charge in [0.2, 0.25) is 5.91 Å². The highest BCUT2D eigenvalue weighted by molar-refractivity contribution is 7.17. The third-order valence-corrected chi connectivity index (χ3v) is 5.79. The van der Waals surface area contributed by atoms with Crippen LogP contribution in [0.25, 0.3) is 0 Å². The summed E-state index contributed by atoms with van der Waals surface area (Å²) in [6.45, 7) is 7.34. The van der Waals surface area contributed by atoms with E-state index in [1.807, 2.05) is 6.92 Å². The molecule has 2 rings (SSSR count). The van der Waals surface area contributed by atoms with Crippen molar-refractivity contribution in [2.45, 2.75) is 72.3 Å². The Morgan fingerprint density at radius 2 is 1.81 bits per heavy atom. The van der Waals surface area contributed by atoms with Gasteiger partial charge in [0.15, 0.2) is 6.61 Å². The lowest BCUT2D eigenvalue weighted by Gasteiger charge is -2.16. The monoisotopic (exact) mass is 394 g/mol. The van der Waals surface area contributed by atoms with Gasteiger partial charge in [0.1, 0.15) is 5.00 Å². The van der Waals surface area contributed by atoms with Gasteiger partial charge in [0, 0.05) is 17.8 Å². The van der Waals surface area contributed by atoms with Gasteiger partial charge in [-0.2, -0.15) is 0 Å². The average Bonchev–Trinajstić information content (AvgIpc) is 2.95. The predicted octanol–water partition coefficient (Wildman–Crippen LogP) is 3.68. The highest BCUT2D eigenvalue weighted by atomic mass is 32.1. The number of anilines is 1. The SMILES string of the molecule is CC(=O)Nc1sc2c(c1C(=O)OCC(=O)N[C@H](C)CCC(C)C)CCCC2. The Morgan fingerprint density at radius 3 is 2.48 bits per heavy atom. The summed E-state index contributed by atoms with van der Waals surface area (Å²) in [4.78, 5) is 37.3. The molecule has 6 nitrogen and oxygen atoms in total. The summed E-state index contributed by atoms with van der Waals surface area (Å²) in [6.07, 6.45) is 5.72. The predicted molar refractivity (Wildman–Crippen MR) is 107 cm³/mol. The molecule has 1 aromatic rings. The van der Waals surface area contributed by atoms with Gasteiger partial charge in [0.05, 0.1) is 5.56 Å². The van der Waals surface area contributed by atoms with Crippen LogP contribution in [0, 0.1) is 5.92 Å². The van der Waals surface area contributed by atoms with Crippen molar-refractivity contribution in [3.05, 3.63) is 16.0 Å². The highest BCUT2D eigenvalue weighted by Gasteiger charge is 2.27. The number of esters is 1. The second kappa shape index (κ2) is 9.88. The molecule has 0 saturated heterocycles. The molecule has 0 fully saturated rings. The molecule has 1 aliphatic carbocycles. The van der Waals surface area contributed by atoms with E-state index in [-0.39, 0.29) is 24.5 Å². The number of carbonyl (C=O) groups is 3. The molecule has 2 N–H and O–H groups in total. The van der Waals surface area contributed by atoms with E-state index in [1.165, 1.54) is 18.3 Å². The topological polar surface area (TPSA) is 84.5 Å². The molecular formula is C20H30N2O4S. The van der Waals surface area contributed by atoms with Crippen molar-refractivity contribution in [2.75, 3.05) is 11.9 Å². The maximum Gasteiger partial charge on any atom is 0.341 e. The van der Waals surface area contributed by atoms with Crippen LogP contribution in [0.5, 0.6) is 0 Å². The van der Waals surface area contributed by atoms with Crippen LogP contribution in [0.15, 0.2) is 0 Å². The van der Waals surface area contributed by atoms with Crippen molar-refractivity contribution < 1.29 is 19.1 Å². The van der Waals surface area contributed by atoms with Gasteiger partial charge in [-0.05, 0) is 56.9 Å². The molecule has 150 valence electrons. The number of nitrogens with one attached hydrogen (secondary N) is 2. The van der Waals surface area contributed by atoms with Gasteiger partial charge in [-0.25, -0.2) is 4.79 Å². The quantitative estimate of drug-likeness (QED) is 0.659. The van der Waals surface area contributed by atoms with Crippen LogP contribution >= 0.6 is 11.3 Å². The van der Waals surface area contributed by atoms with Crippen LogP contribution in [-0.4, -0.2) is 30.4 Å². The summed E-state index contributed by atoms with van der Waals surface area (Å²) in [5.41, 5.74) is 1.39. The van der Waals surface area contributed by atoms with Crippen LogP contribution in [0.2, 0.25) is 0 Å². The molecular weight excluding hydrogens is 364 g/mol. The summed E-state index contributed by atoms with van der Waals surface area (Å²) in [6, 6.07) is 0.0439. The molecule has 1 aliphatic rings. The molecule has 2 amide bonds. The number of hydrogen-bond donors (Lipinski definition) is 2. The van der Waals surface area contributed by atoms with E-state index in [4.69, 9.17) is 4.74 Å². The maximum atomic E-state index is 12.6. The minimum Gasteiger partial charge on any atom is -0.452 e. The second-order valence-corrected chi connectivity index (χ2v) is 8.72. The Hall–Kier alpha value is -1.89. The van der Waals surface area contributed by atoms with Crippen LogP contribution in [0.4, 0.5) is 5.00 Å². The first-order valence-electron chi connectivity index (χ1n) is 9.66. The number of aryl methyl sites for hydroxylation is 1. The van der Waals surface area contributed by atoms with Crippen molar-refractivity contribution in [1.82, 2.24) is 5.32 Å². The van der Waals surface area contributed by atoms with E-state index in [1.54, 1.807) is 0 Å². The van der Waals surface area contributed by atoms with E-state index in [0.29, 0.717) is 16.5 Å². The van der Waals surface area contributed by atoms with Crippen LogP contribution in [0.1, 0.15) is 74.2 Å². The fraction of sp³-hybridized carbons (Fsp3) is 0.650. The summed E-state index contributed by atoms with van der Waals surface area (Å²) in [7, 11) is 0.